The van der Waals surface area contributed by atoms with Crippen molar-refractivity contribution in [1.82, 2.24) is 15.0 Å². The highest BCUT2D eigenvalue weighted by Crippen LogP contribution is 2.33. The molecule has 0 aliphatic heterocycles. The Hall–Kier alpha value is -3.45. The highest BCUT2D eigenvalue weighted by molar-refractivity contribution is 7.18. The maximum atomic E-state index is 5.57. The van der Waals surface area contributed by atoms with Gasteiger partial charge in [0, 0.05) is 42.7 Å². The molecule has 27 heavy (non-hydrogen) atoms. The van der Waals surface area contributed by atoms with Gasteiger partial charge in [-0.15, -0.1) is 24.5 Å². The van der Waals surface area contributed by atoms with Crippen molar-refractivity contribution in [3.05, 3.63) is 68.0 Å². The van der Waals surface area contributed by atoms with Gasteiger partial charge in [-0.3, -0.25) is 9.98 Å². The molecule has 134 valence electrons. The van der Waals surface area contributed by atoms with Gasteiger partial charge in [0.2, 0.25) is 0 Å². The zero-order valence-electron chi connectivity index (χ0n) is 14.8. The first-order valence-corrected chi connectivity index (χ1v) is 8.80. The lowest BCUT2D eigenvalue weighted by molar-refractivity contribution is 0.615. The van der Waals surface area contributed by atoms with E-state index in [0.29, 0.717) is 11.5 Å². The van der Waals surface area contributed by atoms with E-state index in [-0.39, 0.29) is 0 Å². The summed E-state index contributed by atoms with van der Waals surface area (Å²) >= 11 is 1.54. The molecule has 0 saturated heterocycles. The van der Waals surface area contributed by atoms with E-state index in [0.717, 1.165) is 32.1 Å². The maximum Gasteiger partial charge on any atom is 0.173 e. The van der Waals surface area contributed by atoms with Gasteiger partial charge in [0.05, 0.1) is 16.8 Å². The number of thiazole rings is 1. The number of rotatable bonds is 3. The summed E-state index contributed by atoms with van der Waals surface area (Å²) in [4.78, 5) is 22.4. The zero-order valence-corrected chi connectivity index (χ0v) is 15.6. The van der Waals surface area contributed by atoms with E-state index in [9.17, 15) is 0 Å². The number of hydrogen-bond acceptors (Lipinski definition) is 6. The third-order valence-corrected chi connectivity index (χ3v) is 4.76. The van der Waals surface area contributed by atoms with Crippen molar-refractivity contribution >= 4 is 34.9 Å². The fourth-order valence-electron chi connectivity index (χ4n) is 2.53. The second-order valence-electron chi connectivity index (χ2n) is 5.17. The van der Waals surface area contributed by atoms with Crippen LogP contribution >= 0.6 is 11.3 Å². The molecule has 0 aliphatic rings. The Bertz CT molecular complexity index is 1100. The Labute approximate surface area is 160 Å². The van der Waals surface area contributed by atoms with Crippen LogP contribution in [0.3, 0.4) is 0 Å². The fraction of sp³-hybridized carbons (Fsp3) is 0.0500. The van der Waals surface area contributed by atoms with Crippen LogP contribution in [-0.4, -0.2) is 34.6 Å². The smallest absolute Gasteiger partial charge is 0.173 e. The lowest BCUT2D eigenvalue weighted by Crippen LogP contribution is -2.01. The standard InChI is InChI=1S/C18H13N5OS.C2H4/c1-19-17(20-2)16-12-5-7-24-14(12)8-13(23-16)15-10-22-18(25-15)11-4-3-6-21-9-11;1-2/h3-10H,1H2,2H3;1-2H2. The van der Waals surface area contributed by atoms with Gasteiger partial charge in [-0.25, -0.2) is 15.0 Å². The molecule has 4 aromatic heterocycles. The topological polar surface area (TPSA) is 76.5 Å². The summed E-state index contributed by atoms with van der Waals surface area (Å²) in [6.45, 7) is 9.58. The van der Waals surface area contributed by atoms with Crippen molar-refractivity contribution in [2.75, 3.05) is 7.05 Å². The highest BCUT2D eigenvalue weighted by Gasteiger charge is 2.15. The summed E-state index contributed by atoms with van der Waals surface area (Å²) in [5.41, 5.74) is 3.10. The van der Waals surface area contributed by atoms with Gasteiger partial charge in [-0.2, -0.15) is 0 Å². The first kappa shape index (κ1) is 18.3. The summed E-state index contributed by atoms with van der Waals surface area (Å²) in [7, 11) is 1.66. The summed E-state index contributed by atoms with van der Waals surface area (Å²) in [5, 5.41) is 1.74. The summed E-state index contributed by atoms with van der Waals surface area (Å²) < 4.78 is 5.57. The fourth-order valence-corrected chi connectivity index (χ4v) is 3.40. The van der Waals surface area contributed by atoms with E-state index in [4.69, 9.17) is 9.40 Å². The Morgan fingerprint density at radius 1 is 1.22 bits per heavy atom. The lowest BCUT2D eigenvalue weighted by Gasteiger charge is -2.04. The molecule has 4 rings (SSSR count). The number of hydrogen-bond donors (Lipinski definition) is 0. The van der Waals surface area contributed by atoms with Crippen molar-refractivity contribution in [2.24, 2.45) is 9.98 Å². The molecule has 0 radical (unpaired) electrons. The zero-order chi connectivity index (χ0) is 19.2. The largest absolute Gasteiger partial charge is 0.464 e. The highest BCUT2D eigenvalue weighted by atomic mass is 32.1. The molecule has 0 aromatic carbocycles. The minimum Gasteiger partial charge on any atom is -0.464 e. The molecular formula is C20H17N5OS. The summed E-state index contributed by atoms with van der Waals surface area (Å²) in [6, 6.07) is 7.62. The van der Waals surface area contributed by atoms with Crippen LogP contribution in [0.2, 0.25) is 0 Å². The Morgan fingerprint density at radius 3 is 2.78 bits per heavy atom. The molecule has 0 aliphatic carbocycles. The van der Waals surface area contributed by atoms with Crippen molar-refractivity contribution < 1.29 is 4.42 Å². The third-order valence-electron chi connectivity index (χ3n) is 3.69. The van der Waals surface area contributed by atoms with Gasteiger partial charge in [0.25, 0.3) is 0 Å². The SMILES string of the molecule is C=C.C=NC(=NC)c1nc(-c2cnc(-c3cccnc3)s2)cc2occc12. The molecule has 0 saturated carbocycles. The van der Waals surface area contributed by atoms with Gasteiger partial charge in [0.15, 0.2) is 5.84 Å². The van der Waals surface area contributed by atoms with Crippen LogP contribution in [0.5, 0.6) is 0 Å². The molecular weight excluding hydrogens is 358 g/mol. The van der Waals surface area contributed by atoms with E-state index in [2.05, 4.69) is 39.8 Å². The molecule has 0 amide bonds. The first-order chi connectivity index (χ1) is 13.3. The van der Waals surface area contributed by atoms with Gasteiger partial charge in [-0.05, 0) is 24.9 Å². The van der Waals surface area contributed by atoms with E-state index in [1.54, 1.807) is 43.2 Å². The molecule has 4 heterocycles. The normalized spacial score (nSPS) is 11.1. The molecule has 0 atom stereocenters. The predicted molar refractivity (Wildman–Crippen MR) is 112 cm³/mol. The van der Waals surface area contributed by atoms with E-state index >= 15 is 0 Å². The van der Waals surface area contributed by atoms with Gasteiger partial charge in [-0.1, -0.05) is 0 Å². The van der Waals surface area contributed by atoms with Crippen LogP contribution in [0.1, 0.15) is 5.69 Å². The Balaban J connectivity index is 0.00000102. The molecule has 0 N–H and O–H groups in total. The summed E-state index contributed by atoms with van der Waals surface area (Å²) in [6.07, 6.45) is 6.97. The van der Waals surface area contributed by atoms with Gasteiger partial charge in [0.1, 0.15) is 16.3 Å². The summed E-state index contributed by atoms with van der Waals surface area (Å²) in [5.74, 6) is 0.477. The van der Waals surface area contributed by atoms with E-state index in [1.165, 1.54) is 0 Å². The number of aliphatic imine (C=N–C) groups is 2. The van der Waals surface area contributed by atoms with Crippen LogP contribution in [0.4, 0.5) is 0 Å². The number of furan rings is 1. The monoisotopic (exact) mass is 375 g/mol. The molecule has 4 aromatic rings. The molecule has 0 fully saturated rings. The second-order valence-corrected chi connectivity index (χ2v) is 6.20. The molecule has 7 heteroatoms. The van der Waals surface area contributed by atoms with Crippen LogP contribution in [-0.2, 0) is 0 Å². The Morgan fingerprint density at radius 2 is 2.07 bits per heavy atom. The number of pyridine rings is 2. The minimum absolute atomic E-state index is 0.477. The Kier molecular flexibility index (Phi) is 5.63. The molecule has 0 bridgehead atoms. The predicted octanol–water partition coefficient (Wildman–Crippen LogP) is 4.89. The molecule has 6 nitrogen and oxygen atoms in total. The van der Waals surface area contributed by atoms with Crippen molar-refractivity contribution in [2.45, 2.75) is 0 Å². The molecule has 0 unspecified atom stereocenters. The number of nitrogens with zero attached hydrogens (tertiary/aromatic N) is 5. The number of fused-ring (bicyclic) bond motifs is 1. The van der Waals surface area contributed by atoms with Crippen molar-refractivity contribution in [3.8, 4) is 21.1 Å². The van der Waals surface area contributed by atoms with Gasteiger partial charge >= 0.3 is 0 Å². The van der Waals surface area contributed by atoms with Crippen LogP contribution < -0.4 is 0 Å². The van der Waals surface area contributed by atoms with E-state index in [1.807, 2.05) is 24.3 Å². The van der Waals surface area contributed by atoms with Gasteiger partial charge < -0.3 is 4.42 Å². The van der Waals surface area contributed by atoms with Crippen LogP contribution in [0.15, 0.2) is 76.7 Å². The van der Waals surface area contributed by atoms with E-state index < -0.39 is 0 Å². The minimum atomic E-state index is 0.477. The van der Waals surface area contributed by atoms with Crippen LogP contribution in [0.25, 0.3) is 32.1 Å². The average molecular weight is 375 g/mol. The number of aromatic nitrogens is 3. The lowest BCUT2D eigenvalue weighted by atomic mass is 10.2. The van der Waals surface area contributed by atoms with Crippen molar-refractivity contribution in [1.29, 1.82) is 0 Å². The average Bonchev–Trinajstić information content (AvgIpc) is 3.40. The quantitative estimate of drug-likeness (QED) is 0.290. The third kappa shape index (κ3) is 3.58. The first-order valence-electron chi connectivity index (χ1n) is 7.99. The molecule has 0 spiro atoms. The van der Waals surface area contributed by atoms with Crippen molar-refractivity contribution in [3.63, 3.8) is 0 Å². The maximum absolute atomic E-state index is 5.57. The second kappa shape index (κ2) is 8.29. The van der Waals surface area contributed by atoms with Crippen LogP contribution in [0, 0.1) is 0 Å². The number of amidine groups is 1.